The van der Waals surface area contributed by atoms with E-state index in [4.69, 9.17) is 10.5 Å². The molecule has 0 saturated heterocycles. The smallest absolute Gasteiger partial charge is 0.261 e. The van der Waals surface area contributed by atoms with E-state index in [1.165, 1.54) is 7.11 Å². The number of nitrogens with one attached hydrogen (secondary N) is 1. The van der Waals surface area contributed by atoms with Gasteiger partial charge < -0.3 is 15.8 Å². The van der Waals surface area contributed by atoms with Crippen LogP contribution < -0.4 is 15.8 Å². The van der Waals surface area contributed by atoms with Gasteiger partial charge in [0.1, 0.15) is 5.56 Å². The van der Waals surface area contributed by atoms with E-state index in [-0.39, 0.29) is 11.8 Å². The van der Waals surface area contributed by atoms with E-state index < -0.39 is 0 Å². The fourth-order valence-corrected chi connectivity index (χ4v) is 3.04. The number of carbonyl (C=O) groups is 1. The van der Waals surface area contributed by atoms with Gasteiger partial charge in [-0.05, 0) is 56.1 Å². The van der Waals surface area contributed by atoms with Crippen LogP contribution in [-0.2, 0) is 0 Å². The zero-order chi connectivity index (χ0) is 14.7. The lowest BCUT2D eigenvalue weighted by Gasteiger charge is -2.12. The normalized spacial score (nSPS) is 10.2. The Morgan fingerprint density at radius 3 is 2.60 bits per heavy atom. The van der Waals surface area contributed by atoms with Crippen molar-refractivity contribution in [2.75, 3.05) is 18.2 Å². The highest BCUT2D eigenvalue weighted by Crippen LogP contribution is 2.34. The fraction of sp³-hybridized carbons (Fsp3) is 0.0769. The highest BCUT2D eigenvalue weighted by atomic mass is 79.9. The van der Waals surface area contributed by atoms with Crippen molar-refractivity contribution in [3.05, 3.63) is 45.0 Å². The summed E-state index contributed by atoms with van der Waals surface area (Å²) in [6.45, 7) is 0. The highest BCUT2D eigenvalue weighted by Gasteiger charge is 2.16. The molecule has 0 fully saturated rings. The number of hydrogen-bond acceptors (Lipinski definition) is 4. The number of amides is 1. The molecule has 5 nitrogen and oxygen atoms in total. The topological polar surface area (TPSA) is 77.2 Å². The number of anilines is 2. The van der Waals surface area contributed by atoms with Crippen LogP contribution in [0, 0.1) is 0 Å². The van der Waals surface area contributed by atoms with E-state index in [2.05, 4.69) is 42.2 Å². The van der Waals surface area contributed by atoms with Crippen molar-refractivity contribution in [2.24, 2.45) is 0 Å². The number of rotatable bonds is 3. The van der Waals surface area contributed by atoms with Crippen LogP contribution in [0.1, 0.15) is 10.4 Å². The van der Waals surface area contributed by atoms with Crippen molar-refractivity contribution in [1.82, 2.24) is 4.98 Å². The number of benzene rings is 1. The fourth-order valence-electron chi connectivity index (χ4n) is 1.62. The van der Waals surface area contributed by atoms with Gasteiger partial charge in [-0.15, -0.1) is 0 Å². The summed E-state index contributed by atoms with van der Waals surface area (Å²) in [6, 6.07) is 6.73. The first kappa shape index (κ1) is 14.8. The molecule has 0 unspecified atom stereocenters. The Labute approximate surface area is 132 Å². The van der Waals surface area contributed by atoms with Gasteiger partial charge in [0.05, 0.1) is 12.8 Å². The molecule has 0 atom stereocenters. The Bertz CT molecular complexity index is 639. The van der Waals surface area contributed by atoms with Gasteiger partial charge in [-0.2, -0.15) is 0 Å². The summed E-state index contributed by atoms with van der Waals surface area (Å²) in [7, 11) is 1.47. The Morgan fingerprint density at radius 1 is 1.35 bits per heavy atom. The molecule has 0 radical (unpaired) electrons. The van der Waals surface area contributed by atoms with Crippen LogP contribution in [0.5, 0.6) is 5.88 Å². The van der Waals surface area contributed by atoms with Crippen LogP contribution >= 0.6 is 31.9 Å². The lowest BCUT2D eigenvalue weighted by atomic mass is 10.2. The number of aromatic nitrogens is 1. The average Bonchev–Trinajstić information content (AvgIpc) is 2.42. The number of halogens is 2. The second kappa shape index (κ2) is 6.23. The number of nitrogen functional groups attached to an aromatic ring is 1. The molecule has 0 saturated carbocycles. The number of nitrogens with zero attached hydrogens (tertiary/aromatic N) is 1. The van der Waals surface area contributed by atoms with Gasteiger partial charge >= 0.3 is 0 Å². The summed E-state index contributed by atoms with van der Waals surface area (Å²) in [5, 5.41) is 2.79. The summed E-state index contributed by atoms with van der Waals surface area (Å²) >= 11 is 6.73. The predicted octanol–water partition coefficient (Wildman–Crippen LogP) is 3.45. The Morgan fingerprint density at radius 2 is 2.00 bits per heavy atom. The zero-order valence-electron chi connectivity index (χ0n) is 10.5. The summed E-state index contributed by atoms with van der Waals surface area (Å²) in [6.07, 6.45) is 1.56. The summed E-state index contributed by atoms with van der Waals surface area (Å²) in [4.78, 5) is 16.3. The summed E-state index contributed by atoms with van der Waals surface area (Å²) in [5.41, 5.74) is 7.24. The lowest BCUT2D eigenvalue weighted by molar-refractivity contribution is 0.102. The minimum absolute atomic E-state index is 0.271. The van der Waals surface area contributed by atoms with E-state index in [9.17, 15) is 4.79 Å². The van der Waals surface area contributed by atoms with Gasteiger partial charge in [-0.1, -0.05) is 0 Å². The van der Waals surface area contributed by atoms with Gasteiger partial charge in [0.15, 0.2) is 0 Å². The molecule has 0 aliphatic carbocycles. The standard InChI is InChI=1S/C13H11Br2N3O2/c1-20-13-8(3-2-4-17-13)12(19)18-11-9(14)5-7(16)6-10(11)15/h2-6H,16H2,1H3,(H,18,19). The number of pyridine rings is 1. The van der Waals surface area contributed by atoms with E-state index in [1.807, 2.05) is 0 Å². The van der Waals surface area contributed by atoms with Gasteiger partial charge in [-0.25, -0.2) is 4.98 Å². The van der Waals surface area contributed by atoms with Crippen molar-refractivity contribution in [2.45, 2.75) is 0 Å². The third-order valence-electron chi connectivity index (χ3n) is 2.51. The molecule has 1 aromatic carbocycles. The van der Waals surface area contributed by atoms with Crippen molar-refractivity contribution in [3.8, 4) is 5.88 Å². The first-order valence-electron chi connectivity index (χ1n) is 5.57. The van der Waals surface area contributed by atoms with Crippen LogP contribution in [-0.4, -0.2) is 18.0 Å². The maximum Gasteiger partial charge on any atom is 0.261 e. The molecule has 7 heteroatoms. The van der Waals surface area contributed by atoms with E-state index >= 15 is 0 Å². The largest absolute Gasteiger partial charge is 0.480 e. The first-order valence-corrected chi connectivity index (χ1v) is 7.16. The minimum atomic E-state index is -0.318. The quantitative estimate of drug-likeness (QED) is 0.773. The third-order valence-corrected chi connectivity index (χ3v) is 3.76. The molecule has 1 amide bonds. The minimum Gasteiger partial charge on any atom is -0.480 e. The van der Waals surface area contributed by atoms with E-state index in [0.717, 1.165) is 0 Å². The van der Waals surface area contributed by atoms with Gasteiger partial charge in [0, 0.05) is 20.8 Å². The maximum atomic E-state index is 12.3. The van der Waals surface area contributed by atoms with Crippen LogP contribution in [0.3, 0.4) is 0 Å². The van der Waals surface area contributed by atoms with E-state index in [1.54, 1.807) is 30.5 Å². The van der Waals surface area contributed by atoms with Crippen LogP contribution in [0.2, 0.25) is 0 Å². The Hall–Kier alpha value is -1.60. The Kier molecular flexibility index (Phi) is 4.61. The van der Waals surface area contributed by atoms with Crippen molar-refractivity contribution < 1.29 is 9.53 Å². The van der Waals surface area contributed by atoms with E-state index in [0.29, 0.717) is 25.9 Å². The molecule has 20 heavy (non-hydrogen) atoms. The number of methoxy groups -OCH3 is 1. The highest BCUT2D eigenvalue weighted by molar-refractivity contribution is 9.11. The molecule has 2 aromatic rings. The lowest BCUT2D eigenvalue weighted by Crippen LogP contribution is -2.14. The third kappa shape index (κ3) is 3.10. The van der Waals surface area contributed by atoms with Gasteiger partial charge in [0.2, 0.25) is 5.88 Å². The van der Waals surface area contributed by atoms with Crippen LogP contribution in [0.15, 0.2) is 39.4 Å². The second-order valence-electron chi connectivity index (χ2n) is 3.87. The van der Waals surface area contributed by atoms with Crippen LogP contribution in [0.25, 0.3) is 0 Å². The molecular weight excluding hydrogens is 390 g/mol. The predicted molar refractivity (Wildman–Crippen MR) is 85.0 cm³/mol. The zero-order valence-corrected chi connectivity index (χ0v) is 13.7. The van der Waals surface area contributed by atoms with Gasteiger partial charge in [-0.3, -0.25) is 4.79 Å². The molecule has 3 N–H and O–H groups in total. The van der Waals surface area contributed by atoms with Crippen molar-refractivity contribution in [1.29, 1.82) is 0 Å². The molecular formula is C13H11Br2N3O2. The number of nitrogens with two attached hydrogens (primary N) is 1. The molecule has 1 aromatic heterocycles. The number of carbonyl (C=O) groups excluding carboxylic acids is 1. The second-order valence-corrected chi connectivity index (χ2v) is 5.58. The molecule has 1 heterocycles. The monoisotopic (exact) mass is 399 g/mol. The number of ether oxygens (including phenoxy) is 1. The molecule has 0 aliphatic heterocycles. The summed E-state index contributed by atoms with van der Waals surface area (Å²) in [5.74, 6) is -0.0474. The average molecular weight is 401 g/mol. The number of hydrogen-bond donors (Lipinski definition) is 2. The first-order chi connectivity index (χ1) is 9.52. The molecule has 104 valence electrons. The van der Waals surface area contributed by atoms with Crippen molar-refractivity contribution >= 4 is 49.1 Å². The molecule has 0 bridgehead atoms. The molecule has 0 aliphatic rings. The summed E-state index contributed by atoms with van der Waals surface area (Å²) < 4.78 is 6.43. The molecule has 2 rings (SSSR count). The van der Waals surface area contributed by atoms with Gasteiger partial charge in [0.25, 0.3) is 5.91 Å². The SMILES string of the molecule is COc1ncccc1C(=O)Nc1c(Br)cc(N)cc1Br. The molecule has 0 spiro atoms. The maximum absolute atomic E-state index is 12.3. The van der Waals surface area contributed by atoms with Crippen molar-refractivity contribution in [3.63, 3.8) is 0 Å². The Balaban J connectivity index is 2.33. The van der Waals surface area contributed by atoms with Crippen LogP contribution in [0.4, 0.5) is 11.4 Å².